The number of rotatable bonds is 1. The van der Waals surface area contributed by atoms with Crippen LogP contribution in [0.2, 0.25) is 0 Å². The van der Waals surface area contributed by atoms with Crippen LogP contribution in [0.4, 0.5) is 6.01 Å². The Hall–Kier alpha value is -0.560. The van der Waals surface area contributed by atoms with Gasteiger partial charge in [0.25, 0.3) is 6.01 Å². The maximum Gasteiger partial charge on any atom is 0.300 e. The Morgan fingerprint density at radius 3 is 2.95 bits per heavy atom. The van der Waals surface area contributed by atoms with E-state index in [2.05, 4.69) is 35.7 Å². The first-order chi connectivity index (χ1) is 8.79. The lowest BCUT2D eigenvalue weighted by atomic mass is 10.2. The Balaban J connectivity index is 0.000000735. The minimum Gasteiger partial charge on any atom is -0.422 e. The fourth-order valence-corrected chi connectivity index (χ4v) is 3.17. The molecule has 20 heavy (non-hydrogen) atoms. The third-order valence-corrected chi connectivity index (χ3v) is 4.23. The second-order valence-corrected chi connectivity index (χ2v) is 5.82. The highest BCUT2D eigenvalue weighted by atomic mass is 79.9. The van der Waals surface area contributed by atoms with Gasteiger partial charge in [0, 0.05) is 49.0 Å². The molecule has 2 atom stereocenters. The maximum atomic E-state index is 5.84. The summed E-state index contributed by atoms with van der Waals surface area (Å²) < 4.78 is 6.76. The fraction of sp³-hybridized carbons (Fsp3) is 0.500. The Kier molecular flexibility index (Phi) is 4.79. The Bertz CT molecular complexity index is 608. The van der Waals surface area contributed by atoms with E-state index in [9.17, 15) is 0 Å². The number of oxazole rings is 1. The summed E-state index contributed by atoms with van der Waals surface area (Å²) >= 11 is 3.40. The first-order valence-electron chi connectivity index (χ1n) is 6.21. The van der Waals surface area contributed by atoms with Gasteiger partial charge in [0.1, 0.15) is 0 Å². The molecule has 4 rings (SSSR count). The predicted octanol–water partition coefficient (Wildman–Crippen LogP) is 2.72. The molecule has 0 aliphatic carbocycles. The molecule has 5 nitrogen and oxygen atoms in total. The van der Waals surface area contributed by atoms with E-state index in [1.807, 2.05) is 6.07 Å². The van der Waals surface area contributed by atoms with Gasteiger partial charge in [0.15, 0.2) is 5.58 Å². The molecule has 8 heteroatoms. The van der Waals surface area contributed by atoms with Gasteiger partial charge < -0.3 is 9.32 Å². The molecular formula is C12H15BrCl2N4O. The highest BCUT2D eigenvalue weighted by Gasteiger charge is 2.34. The molecule has 0 N–H and O–H groups in total. The first kappa shape index (κ1) is 15.8. The summed E-state index contributed by atoms with van der Waals surface area (Å²) in [5.74, 6) is 0. The zero-order valence-corrected chi connectivity index (χ0v) is 13.9. The van der Waals surface area contributed by atoms with Crippen LogP contribution >= 0.6 is 40.7 Å². The predicted molar refractivity (Wildman–Crippen MR) is 86.2 cm³/mol. The molecule has 110 valence electrons. The normalized spacial score (nSPS) is 24.4. The topological polar surface area (TPSA) is 45.4 Å². The second-order valence-electron chi connectivity index (χ2n) is 4.91. The summed E-state index contributed by atoms with van der Waals surface area (Å²) in [7, 11) is 0. The molecule has 2 aliphatic rings. The van der Waals surface area contributed by atoms with E-state index in [0.29, 0.717) is 11.7 Å². The zero-order valence-electron chi connectivity index (χ0n) is 10.7. The summed E-state index contributed by atoms with van der Waals surface area (Å²) in [5.41, 5.74) is 1.44. The largest absolute Gasteiger partial charge is 0.422 e. The van der Waals surface area contributed by atoms with Crippen LogP contribution in [0.5, 0.6) is 0 Å². The van der Waals surface area contributed by atoms with E-state index >= 15 is 0 Å². The zero-order chi connectivity index (χ0) is 12.1. The quantitative estimate of drug-likeness (QED) is 0.759. The summed E-state index contributed by atoms with van der Waals surface area (Å²) in [6.45, 7) is 4.44. The Morgan fingerprint density at radius 2 is 2.10 bits per heavy atom. The van der Waals surface area contributed by atoms with Gasteiger partial charge in [-0.05, 0) is 22.4 Å². The van der Waals surface area contributed by atoms with E-state index < -0.39 is 0 Å². The van der Waals surface area contributed by atoms with Gasteiger partial charge in [-0.25, -0.2) is 4.98 Å². The molecule has 2 aromatic heterocycles. The standard InChI is InChI=1S/C12H13BrN4O.2ClH/c13-8-5-10-11(14-6-8)15-12(18-10)17-4-3-16-2-1-9(17)7-16;;/h5-6,9H,1-4,7H2;2*1H/t9-;;/m0../s1. The monoisotopic (exact) mass is 380 g/mol. The third-order valence-electron chi connectivity index (χ3n) is 3.79. The molecular weight excluding hydrogens is 367 g/mol. The minimum atomic E-state index is 0. The van der Waals surface area contributed by atoms with E-state index in [4.69, 9.17) is 4.42 Å². The number of aromatic nitrogens is 2. The van der Waals surface area contributed by atoms with Crippen LogP contribution in [0.15, 0.2) is 21.2 Å². The molecule has 0 spiro atoms. The fourth-order valence-electron chi connectivity index (χ4n) is 2.86. The smallest absolute Gasteiger partial charge is 0.300 e. The van der Waals surface area contributed by atoms with Crippen molar-refractivity contribution in [3.05, 3.63) is 16.7 Å². The number of hydrogen-bond acceptors (Lipinski definition) is 5. The van der Waals surface area contributed by atoms with Crippen LogP contribution in [0.25, 0.3) is 11.2 Å². The van der Waals surface area contributed by atoms with Gasteiger partial charge in [0.2, 0.25) is 5.65 Å². The van der Waals surface area contributed by atoms with Crippen LogP contribution < -0.4 is 4.90 Å². The molecule has 2 bridgehead atoms. The number of pyridine rings is 1. The second kappa shape index (κ2) is 6.05. The molecule has 2 fully saturated rings. The van der Waals surface area contributed by atoms with Crippen LogP contribution in [-0.4, -0.2) is 47.1 Å². The number of piperazine rings is 1. The third kappa shape index (κ3) is 2.62. The van der Waals surface area contributed by atoms with Crippen molar-refractivity contribution in [1.29, 1.82) is 0 Å². The lowest BCUT2D eigenvalue weighted by Gasteiger charge is -2.32. The van der Waals surface area contributed by atoms with Gasteiger partial charge in [0.05, 0.1) is 0 Å². The summed E-state index contributed by atoms with van der Waals surface area (Å²) in [5, 5.41) is 0. The minimum absolute atomic E-state index is 0. The van der Waals surface area contributed by atoms with Gasteiger partial charge in [-0.1, -0.05) is 0 Å². The van der Waals surface area contributed by atoms with E-state index in [1.165, 1.54) is 13.0 Å². The number of anilines is 1. The van der Waals surface area contributed by atoms with Gasteiger partial charge in [-0.2, -0.15) is 4.98 Å². The average molecular weight is 382 g/mol. The lowest BCUT2D eigenvalue weighted by molar-refractivity contribution is 0.304. The van der Waals surface area contributed by atoms with Crippen molar-refractivity contribution < 1.29 is 4.42 Å². The molecule has 2 saturated heterocycles. The summed E-state index contributed by atoms with van der Waals surface area (Å²) in [4.78, 5) is 13.6. The van der Waals surface area contributed by atoms with Gasteiger partial charge >= 0.3 is 0 Å². The van der Waals surface area contributed by atoms with E-state index in [1.54, 1.807) is 6.20 Å². The van der Waals surface area contributed by atoms with Gasteiger partial charge in [-0.3, -0.25) is 4.90 Å². The SMILES string of the molecule is Brc1cnc2nc(N3CCN4CC[C@H]3C4)oc2c1.Cl.Cl. The van der Waals surface area contributed by atoms with Crippen molar-refractivity contribution >= 4 is 58.0 Å². The van der Waals surface area contributed by atoms with E-state index in [-0.39, 0.29) is 24.8 Å². The molecule has 4 heterocycles. The highest BCUT2D eigenvalue weighted by molar-refractivity contribution is 9.10. The number of halogens is 3. The van der Waals surface area contributed by atoms with Crippen LogP contribution in [0.1, 0.15) is 6.42 Å². The lowest BCUT2D eigenvalue weighted by Crippen LogP contribution is -2.46. The average Bonchev–Trinajstić information content (AvgIpc) is 2.94. The van der Waals surface area contributed by atoms with Crippen molar-refractivity contribution in [1.82, 2.24) is 14.9 Å². The van der Waals surface area contributed by atoms with Crippen molar-refractivity contribution in [2.24, 2.45) is 0 Å². The summed E-state index contributed by atoms with van der Waals surface area (Å²) in [6, 6.07) is 3.20. The van der Waals surface area contributed by atoms with Gasteiger partial charge in [-0.15, -0.1) is 24.8 Å². The van der Waals surface area contributed by atoms with Crippen LogP contribution in [-0.2, 0) is 0 Å². The number of fused-ring (bicyclic) bond motifs is 3. The van der Waals surface area contributed by atoms with Crippen LogP contribution in [0, 0.1) is 0 Å². The molecule has 0 saturated carbocycles. The molecule has 2 aliphatic heterocycles. The molecule has 2 aromatic rings. The van der Waals surface area contributed by atoms with Crippen molar-refractivity contribution in [2.75, 3.05) is 31.1 Å². The van der Waals surface area contributed by atoms with E-state index in [0.717, 1.165) is 35.7 Å². The molecule has 0 aromatic carbocycles. The Labute approximate surface area is 137 Å². The Morgan fingerprint density at radius 1 is 1.25 bits per heavy atom. The maximum absolute atomic E-state index is 5.84. The van der Waals surface area contributed by atoms with Crippen molar-refractivity contribution in [3.63, 3.8) is 0 Å². The van der Waals surface area contributed by atoms with Crippen LogP contribution in [0.3, 0.4) is 0 Å². The summed E-state index contributed by atoms with van der Waals surface area (Å²) in [6.07, 6.45) is 2.96. The molecule has 0 radical (unpaired) electrons. The van der Waals surface area contributed by atoms with Crippen molar-refractivity contribution in [2.45, 2.75) is 12.5 Å². The molecule has 1 unspecified atom stereocenters. The highest BCUT2D eigenvalue weighted by Crippen LogP contribution is 2.29. The first-order valence-corrected chi connectivity index (χ1v) is 7.00. The molecule has 0 amide bonds. The van der Waals surface area contributed by atoms with Crippen molar-refractivity contribution in [3.8, 4) is 0 Å². The number of hydrogen-bond donors (Lipinski definition) is 0. The number of nitrogens with zero attached hydrogens (tertiary/aromatic N) is 4.